The molecule has 7 heteroatoms. The fourth-order valence-corrected chi connectivity index (χ4v) is 4.58. The SMILES string of the molecule is CCc1nnc(SCC(=O)Nc2ccc(C)c(C)c2)c2cc3sccc3n12. The Morgan fingerprint density at radius 2 is 2.00 bits per heavy atom. The standard InChI is InChI=1S/C20H20N4OS2/c1-4-18-22-23-20(16-10-17-15(24(16)18)7-8-26-17)27-11-19(25)21-14-6-5-12(2)13(3)9-14/h5-10H,4,11H2,1-3H3,(H,21,25). The molecule has 3 heterocycles. The summed E-state index contributed by atoms with van der Waals surface area (Å²) >= 11 is 3.13. The topological polar surface area (TPSA) is 59.3 Å². The summed E-state index contributed by atoms with van der Waals surface area (Å²) in [6.45, 7) is 6.17. The van der Waals surface area contributed by atoms with Gasteiger partial charge in [0.1, 0.15) is 10.9 Å². The number of rotatable bonds is 5. The van der Waals surface area contributed by atoms with Crippen LogP contribution < -0.4 is 5.32 Å². The maximum absolute atomic E-state index is 12.4. The Morgan fingerprint density at radius 1 is 1.15 bits per heavy atom. The largest absolute Gasteiger partial charge is 0.325 e. The molecular weight excluding hydrogens is 376 g/mol. The van der Waals surface area contributed by atoms with Crippen LogP contribution in [0.15, 0.2) is 40.7 Å². The number of aromatic nitrogens is 3. The number of carbonyl (C=O) groups is 1. The average Bonchev–Trinajstić information content (AvgIpc) is 3.24. The molecule has 0 radical (unpaired) electrons. The third-order valence-corrected chi connectivity index (χ3v) is 6.43. The second-order valence-electron chi connectivity index (χ2n) is 6.45. The molecular formula is C20H20N4OS2. The van der Waals surface area contributed by atoms with E-state index in [0.717, 1.165) is 39.6 Å². The third-order valence-electron chi connectivity index (χ3n) is 4.60. The molecule has 0 unspecified atom stereocenters. The molecule has 138 valence electrons. The van der Waals surface area contributed by atoms with Gasteiger partial charge in [-0.1, -0.05) is 24.8 Å². The Bertz CT molecular complexity index is 1150. The number of thioether (sulfide) groups is 1. The molecule has 0 aliphatic rings. The molecule has 5 nitrogen and oxygen atoms in total. The van der Waals surface area contributed by atoms with Gasteiger partial charge in [0.15, 0.2) is 0 Å². The van der Waals surface area contributed by atoms with E-state index in [9.17, 15) is 4.79 Å². The Labute approximate surface area is 165 Å². The molecule has 1 N–H and O–H groups in total. The van der Waals surface area contributed by atoms with E-state index in [2.05, 4.69) is 51.3 Å². The van der Waals surface area contributed by atoms with Crippen molar-refractivity contribution < 1.29 is 4.79 Å². The van der Waals surface area contributed by atoms with Gasteiger partial charge in [-0.15, -0.1) is 21.5 Å². The van der Waals surface area contributed by atoms with Gasteiger partial charge in [-0.05, 0) is 54.6 Å². The Morgan fingerprint density at radius 3 is 2.78 bits per heavy atom. The molecule has 0 bridgehead atoms. The van der Waals surface area contributed by atoms with E-state index in [1.807, 2.05) is 25.1 Å². The van der Waals surface area contributed by atoms with Crippen LogP contribution in [0.4, 0.5) is 5.69 Å². The van der Waals surface area contributed by atoms with Gasteiger partial charge in [-0.2, -0.15) is 0 Å². The minimum atomic E-state index is -0.0452. The zero-order chi connectivity index (χ0) is 19.0. The molecule has 1 aromatic carbocycles. The first kappa shape index (κ1) is 18.0. The molecule has 1 amide bonds. The van der Waals surface area contributed by atoms with Gasteiger partial charge in [-0.25, -0.2) is 0 Å². The fourth-order valence-electron chi connectivity index (χ4n) is 3.04. The molecule has 4 rings (SSSR count). The minimum Gasteiger partial charge on any atom is -0.325 e. The first-order valence-electron chi connectivity index (χ1n) is 8.81. The molecule has 0 aliphatic carbocycles. The number of thiophene rings is 1. The van der Waals surface area contributed by atoms with Gasteiger partial charge in [-0.3, -0.25) is 9.20 Å². The predicted molar refractivity (Wildman–Crippen MR) is 113 cm³/mol. The number of anilines is 1. The molecule has 0 atom stereocenters. The number of benzene rings is 1. The number of fused-ring (bicyclic) bond motifs is 3. The van der Waals surface area contributed by atoms with Crippen LogP contribution in [0.25, 0.3) is 15.7 Å². The van der Waals surface area contributed by atoms with Crippen molar-refractivity contribution in [1.82, 2.24) is 14.6 Å². The van der Waals surface area contributed by atoms with Crippen molar-refractivity contribution in [2.45, 2.75) is 32.2 Å². The van der Waals surface area contributed by atoms with E-state index in [0.29, 0.717) is 5.75 Å². The number of nitrogens with one attached hydrogen (secondary N) is 1. The van der Waals surface area contributed by atoms with Crippen molar-refractivity contribution in [3.8, 4) is 0 Å². The summed E-state index contributed by atoms with van der Waals surface area (Å²) in [5.74, 6) is 1.18. The summed E-state index contributed by atoms with van der Waals surface area (Å²) in [6.07, 6.45) is 0.807. The second-order valence-corrected chi connectivity index (χ2v) is 8.36. The van der Waals surface area contributed by atoms with Gasteiger partial charge in [0.05, 0.1) is 21.5 Å². The van der Waals surface area contributed by atoms with E-state index < -0.39 is 0 Å². The molecule has 0 spiro atoms. The molecule has 0 aliphatic heterocycles. The number of nitrogens with zero attached hydrogens (tertiary/aromatic N) is 3. The van der Waals surface area contributed by atoms with E-state index in [-0.39, 0.29) is 5.91 Å². The highest BCUT2D eigenvalue weighted by molar-refractivity contribution is 8.00. The molecule has 0 fully saturated rings. The first-order valence-corrected chi connectivity index (χ1v) is 10.7. The lowest BCUT2D eigenvalue weighted by molar-refractivity contribution is -0.113. The van der Waals surface area contributed by atoms with Gasteiger partial charge in [0.2, 0.25) is 5.91 Å². The smallest absolute Gasteiger partial charge is 0.234 e. The third kappa shape index (κ3) is 3.44. The maximum atomic E-state index is 12.4. The zero-order valence-corrected chi connectivity index (χ0v) is 17.1. The van der Waals surface area contributed by atoms with E-state index in [4.69, 9.17) is 0 Å². The van der Waals surface area contributed by atoms with Gasteiger partial charge >= 0.3 is 0 Å². The van der Waals surface area contributed by atoms with Gasteiger partial charge < -0.3 is 5.32 Å². The van der Waals surface area contributed by atoms with Crippen LogP contribution in [0.5, 0.6) is 0 Å². The quantitative estimate of drug-likeness (QED) is 0.490. The number of hydrogen-bond acceptors (Lipinski definition) is 5. The summed E-state index contributed by atoms with van der Waals surface area (Å²) in [5.41, 5.74) is 5.38. The van der Waals surface area contributed by atoms with Crippen LogP contribution in [-0.4, -0.2) is 26.3 Å². The number of amides is 1. The first-order chi connectivity index (χ1) is 13.1. The summed E-state index contributed by atoms with van der Waals surface area (Å²) in [7, 11) is 0. The lowest BCUT2D eigenvalue weighted by atomic mass is 10.1. The Balaban J connectivity index is 1.55. The number of carbonyl (C=O) groups excluding carboxylic acids is 1. The summed E-state index contributed by atoms with van der Waals surface area (Å²) in [5, 5.41) is 14.6. The fraction of sp³-hybridized carbons (Fsp3) is 0.250. The Kier molecular flexibility index (Phi) is 4.88. The number of aryl methyl sites for hydroxylation is 3. The summed E-state index contributed by atoms with van der Waals surface area (Å²) in [6, 6.07) is 10.2. The second kappa shape index (κ2) is 7.32. The molecule has 3 aromatic heterocycles. The monoisotopic (exact) mass is 396 g/mol. The number of hydrogen-bond donors (Lipinski definition) is 1. The van der Waals surface area contributed by atoms with Crippen LogP contribution in [0.2, 0.25) is 0 Å². The minimum absolute atomic E-state index is 0.0452. The summed E-state index contributed by atoms with van der Waals surface area (Å²) < 4.78 is 3.36. The van der Waals surface area contributed by atoms with Gasteiger partial charge in [0, 0.05) is 12.1 Å². The van der Waals surface area contributed by atoms with Crippen LogP contribution in [0, 0.1) is 13.8 Å². The van der Waals surface area contributed by atoms with E-state index >= 15 is 0 Å². The highest BCUT2D eigenvalue weighted by atomic mass is 32.2. The van der Waals surface area contributed by atoms with Crippen LogP contribution in [0.1, 0.15) is 23.9 Å². The lowest BCUT2D eigenvalue weighted by Crippen LogP contribution is -2.14. The zero-order valence-electron chi connectivity index (χ0n) is 15.4. The van der Waals surface area contributed by atoms with Crippen molar-refractivity contribution in [3.63, 3.8) is 0 Å². The van der Waals surface area contributed by atoms with Crippen molar-refractivity contribution in [1.29, 1.82) is 0 Å². The van der Waals surface area contributed by atoms with Crippen molar-refractivity contribution in [3.05, 3.63) is 52.7 Å². The van der Waals surface area contributed by atoms with Crippen molar-refractivity contribution in [2.24, 2.45) is 0 Å². The van der Waals surface area contributed by atoms with Crippen LogP contribution >= 0.6 is 23.1 Å². The Hall–Kier alpha value is -2.38. The molecule has 27 heavy (non-hydrogen) atoms. The maximum Gasteiger partial charge on any atom is 0.234 e. The predicted octanol–water partition coefficient (Wildman–Crippen LogP) is 4.85. The highest BCUT2D eigenvalue weighted by Gasteiger charge is 2.15. The molecule has 0 saturated heterocycles. The van der Waals surface area contributed by atoms with E-state index in [1.54, 1.807) is 11.3 Å². The van der Waals surface area contributed by atoms with Crippen LogP contribution in [-0.2, 0) is 11.2 Å². The van der Waals surface area contributed by atoms with Crippen LogP contribution in [0.3, 0.4) is 0 Å². The van der Waals surface area contributed by atoms with Gasteiger partial charge in [0.25, 0.3) is 0 Å². The molecule has 0 saturated carbocycles. The van der Waals surface area contributed by atoms with E-state index in [1.165, 1.54) is 22.0 Å². The highest BCUT2D eigenvalue weighted by Crippen LogP contribution is 2.31. The lowest BCUT2D eigenvalue weighted by Gasteiger charge is -2.09. The normalized spacial score (nSPS) is 11.4. The average molecular weight is 397 g/mol. The van der Waals surface area contributed by atoms with Crippen molar-refractivity contribution >= 4 is 50.4 Å². The van der Waals surface area contributed by atoms with Crippen molar-refractivity contribution in [2.75, 3.05) is 11.1 Å². The molecule has 4 aromatic rings. The summed E-state index contributed by atoms with van der Waals surface area (Å²) in [4.78, 5) is 12.4.